The standard InChI is InChI=1S/C12H20N4O2/c13-8-12(4-2-1-3-5-12)6-11(17)14-7-10-15-9-18-16-10/h9H,1-8,13H2,(H,14,17). The zero-order chi connectivity index (χ0) is 12.8. The van der Waals surface area contributed by atoms with Crippen LogP contribution in [0.3, 0.4) is 0 Å². The van der Waals surface area contributed by atoms with E-state index in [1.807, 2.05) is 0 Å². The summed E-state index contributed by atoms with van der Waals surface area (Å²) in [6, 6.07) is 0. The van der Waals surface area contributed by atoms with Crippen molar-refractivity contribution in [3.05, 3.63) is 12.2 Å². The lowest BCUT2D eigenvalue weighted by molar-refractivity contribution is -0.124. The van der Waals surface area contributed by atoms with Crippen molar-refractivity contribution >= 4 is 5.91 Å². The second-order valence-electron chi connectivity index (χ2n) is 5.07. The Morgan fingerprint density at radius 2 is 2.22 bits per heavy atom. The summed E-state index contributed by atoms with van der Waals surface area (Å²) in [7, 11) is 0. The quantitative estimate of drug-likeness (QED) is 0.814. The van der Waals surface area contributed by atoms with Gasteiger partial charge in [-0.25, -0.2) is 0 Å². The summed E-state index contributed by atoms with van der Waals surface area (Å²) >= 11 is 0. The molecule has 0 saturated heterocycles. The fraction of sp³-hybridized carbons (Fsp3) is 0.750. The van der Waals surface area contributed by atoms with Crippen LogP contribution in [-0.2, 0) is 11.3 Å². The van der Waals surface area contributed by atoms with Crippen LogP contribution >= 0.6 is 0 Å². The summed E-state index contributed by atoms with van der Waals surface area (Å²) < 4.78 is 4.61. The van der Waals surface area contributed by atoms with E-state index in [2.05, 4.69) is 20.0 Å². The number of nitrogens with two attached hydrogens (primary N) is 1. The van der Waals surface area contributed by atoms with Gasteiger partial charge in [0.25, 0.3) is 0 Å². The molecule has 1 aliphatic rings. The van der Waals surface area contributed by atoms with Crippen molar-refractivity contribution in [2.75, 3.05) is 6.54 Å². The maximum absolute atomic E-state index is 11.9. The monoisotopic (exact) mass is 252 g/mol. The Balaban J connectivity index is 1.81. The molecule has 1 amide bonds. The number of nitrogens with zero attached hydrogens (tertiary/aromatic N) is 2. The Morgan fingerprint density at radius 3 is 2.83 bits per heavy atom. The van der Waals surface area contributed by atoms with E-state index in [1.54, 1.807) is 0 Å². The fourth-order valence-electron chi connectivity index (χ4n) is 2.61. The second-order valence-corrected chi connectivity index (χ2v) is 5.07. The van der Waals surface area contributed by atoms with E-state index >= 15 is 0 Å². The van der Waals surface area contributed by atoms with E-state index in [0.29, 0.717) is 25.3 Å². The molecule has 2 rings (SSSR count). The molecular formula is C12H20N4O2. The van der Waals surface area contributed by atoms with Crippen molar-refractivity contribution in [1.82, 2.24) is 15.5 Å². The molecule has 6 heteroatoms. The van der Waals surface area contributed by atoms with Crippen LogP contribution in [-0.4, -0.2) is 22.6 Å². The van der Waals surface area contributed by atoms with Crippen LogP contribution in [0.1, 0.15) is 44.3 Å². The second kappa shape index (κ2) is 5.95. The van der Waals surface area contributed by atoms with Crippen molar-refractivity contribution in [1.29, 1.82) is 0 Å². The number of rotatable bonds is 5. The normalized spacial score (nSPS) is 18.5. The lowest BCUT2D eigenvalue weighted by Gasteiger charge is -2.35. The summed E-state index contributed by atoms with van der Waals surface area (Å²) in [4.78, 5) is 15.8. The lowest BCUT2D eigenvalue weighted by atomic mass is 9.71. The van der Waals surface area contributed by atoms with Gasteiger partial charge in [-0.05, 0) is 24.8 Å². The minimum Gasteiger partial charge on any atom is -0.349 e. The summed E-state index contributed by atoms with van der Waals surface area (Å²) in [5, 5.41) is 6.46. The van der Waals surface area contributed by atoms with E-state index in [1.165, 1.54) is 25.7 Å². The third-order valence-electron chi connectivity index (χ3n) is 3.73. The summed E-state index contributed by atoms with van der Waals surface area (Å²) in [5.41, 5.74) is 5.86. The van der Waals surface area contributed by atoms with Crippen LogP contribution in [0, 0.1) is 5.41 Å². The lowest BCUT2D eigenvalue weighted by Crippen LogP contribution is -2.38. The van der Waals surface area contributed by atoms with Crippen molar-refractivity contribution in [3.63, 3.8) is 0 Å². The first-order valence-corrected chi connectivity index (χ1v) is 6.46. The molecule has 0 atom stereocenters. The van der Waals surface area contributed by atoms with Gasteiger partial charge in [-0.15, -0.1) is 0 Å². The Hall–Kier alpha value is -1.43. The summed E-state index contributed by atoms with van der Waals surface area (Å²) in [6.45, 7) is 0.901. The van der Waals surface area contributed by atoms with Crippen LogP contribution in [0.5, 0.6) is 0 Å². The molecule has 100 valence electrons. The predicted octanol–water partition coefficient (Wildman–Crippen LogP) is 0.985. The molecule has 1 fully saturated rings. The number of aromatic nitrogens is 2. The van der Waals surface area contributed by atoms with Gasteiger partial charge in [-0.2, -0.15) is 4.98 Å². The van der Waals surface area contributed by atoms with Crippen LogP contribution in [0.25, 0.3) is 0 Å². The van der Waals surface area contributed by atoms with Gasteiger partial charge in [0.15, 0.2) is 5.82 Å². The maximum Gasteiger partial charge on any atom is 0.220 e. The third-order valence-corrected chi connectivity index (χ3v) is 3.73. The van der Waals surface area contributed by atoms with Crippen LogP contribution < -0.4 is 11.1 Å². The smallest absolute Gasteiger partial charge is 0.220 e. The minimum atomic E-state index is -0.000410. The molecule has 0 bridgehead atoms. The Morgan fingerprint density at radius 1 is 1.44 bits per heavy atom. The average Bonchev–Trinajstić information content (AvgIpc) is 2.91. The van der Waals surface area contributed by atoms with Crippen molar-refractivity contribution < 1.29 is 9.32 Å². The largest absolute Gasteiger partial charge is 0.349 e. The number of carbonyl (C=O) groups excluding carboxylic acids is 1. The molecule has 1 heterocycles. The molecule has 18 heavy (non-hydrogen) atoms. The van der Waals surface area contributed by atoms with Crippen molar-refractivity contribution in [2.45, 2.75) is 45.1 Å². The molecule has 1 aromatic rings. The molecular weight excluding hydrogens is 232 g/mol. The molecule has 1 aromatic heterocycles. The fourth-order valence-corrected chi connectivity index (χ4v) is 2.61. The summed E-state index contributed by atoms with van der Waals surface area (Å²) in [6.07, 6.45) is 7.47. The van der Waals surface area contributed by atoms with Crippen molar-refractivity contribution in [2.24, 2.45) is 11.1 Å². The highest BCUT2D eigenvalue weighted by atomic mass is 16.5. The third kappa shape index (κ3) is 3.29. The van der Waals surface area contributed by atoms with Crippen LogP contribution in [0.2, 0.25) is 0 Å². The first-order chi connectivity index (χ1) is 8.74. The molecule has 0 spiro atoms. The topological polar surface area (TPSA) is 94.0 Å². The maximum atomic E-state index is 11.9. The number of hydrogen-bond donors (Lipinski definition) is 2. The van der Waals surface area contributed by atoms with Crippen LogP contribution in [0.15, 0.2) is 10.9 Å². The van der Waals surface area contributed by atoms with Gasteiger partial charge in [0.2, 0.25) is 12.3 Å². The van der Waals surface area contributed by atoms with Gasteiger partial charge < -0.3 is 15.6 Å². The molecule has 0 unspecified atom stereocenters. The van der Waals surface area contributed by atoms with E-state index in [-0.39, 0.29) is 11.3 Å². The SMILES string of the molecule is NCC1(CC(=O)NCc2ncon2)CCCCC1. The number of hydrogen-bond acceptors (Lipinski definition) is 5. The van der Waals surface area contributed by atoms with Gasteiger partial charge in [0, 0.05) is 6.42 Å². The van der Waals surface area contributed by atoms with Gasteiger partial charge in [-0.1, -0.05) is 24.4 Å². The molecule has 1 saturated carbocycles. The zero-order valence-corrected chi connectivity index (χ0v) is 10.5. The highest BCUT2D eigenvalue weighted by Crippen LogP contribution is 2.38. The molecule has 3 N–H and O–H groups in total. The Labute approximate surface area is 106 Å². The summed E-state index contributed by atoms with van der Waals surface area (Å²) in [5.74, 6) is 0.515. The van der Waals surface area contributed by atoms with Gasteiger partial charge in [0.05, 0.1) is 6.54 Å². The Bertz CT molecular complexity index is 371. The highest BCUT2D eigenvalue weighted by molar-refractivity contribution is 5.76. The van der Waals surface area contributed by atoms with E-state index in [4.69, 9.17) is 5.73 Å². The Kier molecular flexibility index (Phi) is 4.30. The first-order valence-electron chi connectivity index (χ1n) is 6.46. The molecule has 0 radical (unpaired) electrons. The van der Waals surface area contributed by atoms with Gasteiger partial charge >= 0.3 is 0 Å². The highest BCUT2D eigenvalue weighted by Gasteiger charge is 2.32. The van der Waals surface area contributed by atoms with Crippen LogP contribution in [0.4, 0.5) is 0 Å². The number of nitrogens with one attached hydrogen (secondary N) is 1. The van der Waals surface area contributed by atoms with E-state index in [9.17, 15) is 4.79 Å². The van der Waals surface area contributed by atoms with E-state index < -0.39 is 0 Å². The van der Waals surface area contributed by atoms with E-state index in [0.717, 1.165) is 12.8 Å². The average molecular weight is 252 g/mol. The molecule has 1 aliphatic carbocycles. The number of amides is 1. The molecule has 6 nitrogen and oxygen atoms in total. The first kappa shape index (κ1) is 13.0. The number of carbonyl (C=O) groups is 1. The van der Waals surface area contributed by atoms with Gasteiger partial charge in [0.1, 0.15) is 0 Å². The van der Waals surface area contributed by atoms with Crippen molar-refractivity contribution in [3.8, 4) is 0 Å². The predicted molar refractivity (Wildman–Crippen MR) is 65.3 cm³/mol. The van der Waals surface area contributed by atoms with Gasteiger partial charge in [-0.3, -0.25) is 4.79 Å². The molecule has 0 aromatic carbocycles. The minimum absolute atomic E-state index is 0.000410. The molecule has 0 aliphatic heterocycles. The zero-order valence-electron chi connectivity index (χ0n) is 10.5.